The van der Waals surface area contributed by atoms with Crippen molar-refractivity contribution in [2.24, 2.45) is 4.99 Å². The molecule has 0 aliphatic carbocycles. The van der Waals surface area contributed by atoms with Crippen LogP contribution in [0.4, 0.5) is 11.6 Å². The van der Waals surface area contributed by atoms with Gasteiger partial charge in [-0.05, 0) is 74.8 Å². The molecule has 0 radical (unpaired) electrons. The van der Waals surface area contributed by atoms with Crippen molar-refractivity contribution in [3.05, 3.63) is 76.9 Å². The number of thiocarbonyl (C=S) groups is 1. The highest BCUT2D eigenvalue weighted by Crippen LogP contribution is 2.16. The zero-order chi connectivity index (χ0) is 21.5. The van der Waals surface area contributed by atoms with Crippen molar-refractivity contribution < 1.29 is 0 Å². The number of aliphatic imine (C=N–C) groups is 1. The van der Waals surface area contributed by atoms with Crippen LogP contribution in [0, 0.1) is 27.7 Å². The Balaban J connectivity index is 1.79. The quantitative estimate of drug-likeness (QED) is 0.334. The second kappa shape index (κ2) is 9.89. The first kappa shape index (κ1) is 21.3. The van der Waals surface area contributed by atoms with Gasteiger partial charge in [-0.15, -0.1) is 0 Å². The highest BCUT2D eigenvalue weighted by atomic mass is 32.1. The van der Waals surface area contributed by atoms with Gasteiger partial charge in [-0.3, -0.25) is 10.3 Å². The largest absolute Gasteiger partial charge is 0.332 e. The Morgan fingerprint density at radius 3 is 2.47 bits per heavy atom. The smallest absolute Gasteiger partial charge is 0.229 e. The van der Waals surface area contributed by atoms with Gasteiger partial charge in [0.1, 0.15) is 0 Å². The summed E-state index contributed by atoms with van der Waals surface area (Å²) in [6.45, 7) is 8.35. The van der Waals surface area contributed by atoms with Crippen LogP contribution < -0.4 is 16.0 Å². The summed E-state index contributed by atoms with van der Waals surface area (Å²) in [5.74, 6) is 0.908. The molecule has 2 heterocycles. The lowest BCUT2D eigenvalue weighted by molar-refractivity contribution is 1.02. The normalized spacial score (nSPS) is 11.1. The Kier molecular flexibility index (Phi) is 7.03. The van der Waals surface area contributed by atoms with E-state index in [1.54, 1.807) is 12.4 Å². The SMILES string of the molecule is Cc1ccc(C)c(NC(=S)NC(=NCc2cccnc2)Nc2nc(C)cc(C)n2)c1. The molecule has 0 saturated carbocycles. The molecule has 0 unspecified atom stereocenters. The van der Waals surface area contributed by atoms with Crippen molar-refractivity contribution in [1.29, 1.82) is 0 Å². The third kappa shape index (κ3) is 6.31. The molecule has 0 bridgehead atoms. The minimum atomic E-state index is 0.422. The molecule has 1 aromatic carbocycles. The predicted octanol–water partition coefficient (Wildman–Crippen LogP) is 4.06. The van der Waals surface area contributed by atoms with Gasteiger partial charge in [0.2, 0.25) is 11.9 Å². The predicted molar refractivity (Wildman–Crippen MR) is 126 cm³/mol. The number of rotatable bonds is 4. The fourth-order valence-corrected chi connectivity index (χ4v) is 3.00. The first-order valence-corrected chi connectivity index (χ1v) is 9.98. The molecule has 0 aliphatic heterocycles. The minimum absolute atomic E-state index is 0.422. The van der Waals surface area contributed by atoms with E-state index in [1.165, 1.54) is 0 Å². The van der Waals surface area contributed by atoms with Gasteiger partial charge in [0.25, 0.3) is 0 Å². The van der Waals surface area contributed by atoms with E-state index in [0.29, 0.717) is 23.6 Å². The van der Waals surface area contributed by atoms with Gasteiger partial charge in [0.15, 0.2) is 5.11 Å². The van der Waals surface area contributed by atoms with Crippen LogP contribution in [0.5, 0.6) is 0 Å². The molecule has 30 heavy (non-hydrogen) atoms. The zero-order valence-electron chi connectivity index (χ0n) is 17.5. The van der Waals surface area contributed by atoms with Crippen molar-refractivity contribution in [1.82, 2.24) is 20.3 Å². The van der Waals surface area contributed by atoms with Crippen LogP contribution in [0.15, 0.2) is 53.8 Å². The van der Waals surface area contributed by atoms with E-state index < -0.39 is 0 Å². The zero-order valence-corrected chi connectivity index (χ0v) is 18.3. The average Bonchev–Trinajstić information content (AvgIpc) is 2.69. The average molecular weight is 420 g/mol. The summed E-state index contributed by atoms with van der Waals surface area (Å²) in [5.41, 5.74) is 5.91. The molecule has 0 atom stereocenters. The maximum Gasteiger partial charge on any atom is 0.229 e. The van der Waals surface area contributed by atoms with E-state index in [1.807, 2.05) is 45.9 Å². The summed E-state index contributed by atoms with van der Waals surface area (Å²) in [5, 5.41) is 9.93. The van der Waals surface area contributed by atoms with E-state index in [-0.39, 0.29) is 0 Å². The summed E-state index contributed by atoms with van der Waals surface area (Å²) in [4.78, 5) is 17.6. The Hall–Kier alpha value is -3.39. The summed E-state index contributed by atoms with van der Waals surface area (Å²) in [6.07, 6.45) is 3.51. The molecular formula is C22H25N7S. The fraction of sp³-hybridized carbons (Fsp3) is 0.227. The highest BCUT2D eigenvalue weighted by molar-refractivity contribution is 7.80. The van der Waals surface area contributed by atoms with E-state index in [0.717, 1.165) is 33.8 Å². The van der Waals surface area contributed by atoms with Crippen LogP contribution in [0.25, 0.3) is 0 Å². The van der Waals surface area contributed by atoms with E-state index in [2.05, 4.69) is 54.1 Å². The lowest BCUT2D eigenvalue weighted by Crippen LogP contribution is -2.39. The Bertz CT molecular complexity index is 1040. The summed E-state index contributed by atoms with van der Waals surface area (Å²) in [6, 6.07) is 11.9. The van der Waals surface area contributed by atoms with Crippen molar-refractivity contribution >= 4 is 34.9 Å². The Morgan fingerprint density at radius 2 is 1.77 bits per heavy atom. The standard InChI is InChI=1S/C22H25N7S/c1-14-7-8-15(2)19(10-14)27-22(30)29-20(24-13-18-6-5-9-23-12-18)28-21-25-16(3)11-17(4)26-21/h5-12H,13H2,1-4H3,(H3,24,25,26,27,28,29,30). The number of aromatic nitrogens is 3. The molecule has 3 aromatic rings. The van der Waals surface area contributed by atoms with E-state index >= 15 is 0 Å². The summed E-state index contributed by atoms with van der Waals surface area (Å²) < 4.78 is 0. The van der Waals surface area contributed by atoms with Gasteiger partial charge in [-0.1, -0.05) is 18.2 Å². The number of pyridine rings is 1. The van der Waals surface area contributed by atoms with Gasteiger partial charge in [-0.2, -0.15) is 0 Å². The molecule has 3 rings (SSSR count). The number of anilines is 2. The molecular weight excluding hydrogens is 394 g/mol. The van der Waals surface area contributed by atoms with Crippen LogP contribution in [0.3, 0.4) is 0 Å². The van der Waals surface area contributed by atoms with E-state index in [4.69, 9.17) is 12.2 Å². The summed E-state index contributed by atoms with van der Waals surface area (Å²) >= 11 is 5.52. The van der Waals surface area contributed by atoms with E-state index in [9.17, 15) is 0 Å². The van der Waals surface area contributed by atoms with Gasteiger partial charge < -0.3 is 10.6 Å². The number of guanidine groups is 1. The second-order valence-corrected chi connectivity index (χ2v) is 7.43. The van der Waals surface area contributed by atoms with Crippen molar-refractivity contribution in [2.75, 3.05) is 10.6 Å². The van der Waals surface area contributed by atoms with Crippen molar-refractivity contribution in [3.8, 4) is 0 Å². The lowest BCUT2D eigenvalue weighted by Gasteiger charge is -2.15. The van der Waals surface area contributed by atoms with Gasteiger partial charge in [0.05, 0.1) is 6.54 Å². The number of aryl methyl sites for hydroxylation is 4. The van der Waals surface area contributed by atoms with Gasteiger partial charge in [0, 0.05) is 29.5 Å². The third-order valence-electron chi connectivity index (χ3n) is 4.23. The maximum absolute atomic E-state index is 5.52. The first-order chi connectivity index (χ1) is 14.4. The molecule has 7 nitrogen and oxygen atoms in total. The Labute approximate surface area is 182 Å². The number of hydrogen-bond donors (Lipinski definition) is 3. The van der Waals surface area contributed by atoms with Crippen LogP contribution >= 0.6 is 12.2 Å². The minimum Gasteiger partial charge on any atom is -0.332 e. The molecule has 3 N–H and O–H groups in total. The topological polar surface area (TPSA) is 87.1 Å². The molecule has 0 amide bonds. The molecule has 0 spiro atoms. The van der Waals surface area contributed by atoms with Crippen molar-refractivity contribution in [2.45, 2.75) is 34.2 Å². The molecule has 2 aromatic heterocycles. The Morgan fingerprint density at radius 1 is 1.00 bits per heavy atom. The molecule has 8 heteroatoms. The van der Waals surface area contributed by atoms with Gasteiger partial charge >= 0.3 is 0 Å². The third-order valence-corrected chi connectivity index (χ3v) is 4.43. The van der Waals surface area contributed by atoms with Crippen LogP contribution in [-0.4, -0.2) is 26.0 Å². The molecule has 0 saturated heterocycles. The van der Waals surface area contributed by atoms with Crippen molar-refractivity contribution in [3.63, 3.8) is 0 Å². The molecule has 0 fully saturated rings. The second-order valence-electron chi connectivity index (χ2n) is 7.02. The number of nitrogens with one attached hydrogen (secondary N) is 3. The lowest BCUT2D eigenvalue weighted by atomic mass is 10.1. The van der Waals surface area contributed by atoms with Crippen LogP contribution in [-0.2, 0) is 6.54 Å². The monoisotopic (exact) mass is 419 g/mol. The number of benzene rings is 1. The molecule has 154 valence electrons. The number of nitrogens with zero attached hydrogens (tertiary/aromatic N) is 4. The fourth-order valence-electron chi connectivity index (χ4n) is 2.79. The maximum atomic E-state index is 5.52. The first-order valence-electron chi connectivity index (χ1n) is 9.57. The van der Waals surface area contributed by atoms with Gasteiger partial charge in [-0.25, -0.2) is 15.0 Å². The van der Waals surface area contributed by atoms with Crippen LogP contribution in [0.1, 0.15) is 28.1 Å². The number of hydrogen-bond acceptors (Lipinski definition) is 5. The highest BCUT2D eigenvalue weighted by Gasteiger charge is 2.08. The summed E-state index contributed by atoms with van der Waals surface area (Å²) in [7, 11) is 0. The molecule has 0 aliphatic rings. The van der Waals surface area contributed by atoms with Crippen LogP contribution in [0.2, 0.25) is 0 Å².